The third kappa shape index (κ3) is 4.31. The number of aryl methyl sites for hydroxylation is 1. The Morgan fingerprint density at radius 2 is 1.77 bits per heavy atom. The lowest BCUT2D eigenvalue weighted by Crippen LogP contribution is -2.39. The van der Waals surface area contributed by atoms with Crippen molar-refractivity contribution in [3.63, 3.8) is 0 Å². The smallest absolute Gasteiger partial charge is 0.256 e. The Bertz CT molecular complexity index is 749. The van der Waals surface area contributed by atoms with E-state index in [1.165, 1.54) is 11.6 Å². The first-order valence-corrected chi connectivity index (χ1v) is 9.39. The van der Waals surface area contributed by atoms with Crippen molar-refractivity contribution in [2.75, 3.05) is 26.7 Å². The fourth-order valence-corrected chi connectivity index (χ4v) is 3.56. The molecule has 26 heavy (non-hydrogen) atoms. The molecule has 4 heteroatoms. The van der Waals surface area contributed by atoms with Crippen LogP contribution in [0, 0.1) is 18.7 Å². The second-order valence-electron chi connectivity index (χ2n) is 7.19. The maximum atomic E-state index is 14.6. The average Bonchev–Trinajstić information content (AvgIpc) is 2.67. The SMILES string of the molecule is CNCCC1CCN(C(=O)c2ccc(-c3ccc(C)cc3)cc2F)CC1. The van der Waals surface area contributed by atoms with Crippen molar-refractivity contribution in [1.82, 2.24) is 10.2 Å². The van der Waals surface area contributed by atoms with Gasteiger partial charge in [-0.05, 0) is 69.0 Å². The molecule has 2 aromatic rings. The molecular weight excluding hydrogens is 327 g/mol. The predicted molar refractivity (Wildman–Crippen MR) is 104 cm³/mol. The molecule has 0 unspecified atom stereocenters. The molecule has 0 radical (unpaired) electrons. The summed E-state index contributed by atoms with van der Waals surface area (Å²) in [4.78, 5) is 14.5. The van der Waals surface area contributed by atoms with E-state index in [-0.39, 0.29) is 11.5 Å². The first-order chi connectivity index (χ1) is 12.6. The van der Waals surface area contributed by atoms with Crippen molar-refractivity contribution in [1.29, 1.82) is 0 Å². The van der Waals surface area contributed by atoms with Crippen LogP contribution in [0.2, 0.25) is 0 Å². The number of nitrogens with one attached hydrogen (secondary N) is 1. The van der Waals surface area contributed by atoms with E-state index >= 15 is 0 Å². The number of halogens is 1. The minimum atomic E-state index is -0.439. The standard InChI is InChI=1S/C22H27FN2O/c1-16-3-5-18(6-4-16)19-7-8-20(21(23)15-19)22(26)25-13-10-17(11-14-25)9-12-24-2/h3-8,15,17,24H,9-14H2,1-2H3. The molecule has 3 rings (SSSR count). The second kappa shape index (κ2) is 8.45. The van der Waals surface area contributed by atoms with Gasteiger partial charge in [0.25, 0.3) is 5.91 Å². The highest BCUT2D eigenvalue weighted by Crippen LogP contribution is 2.25. The molecule has 0 atom stereocenters. The van der Waals surface area contributed by atoms with Crippen molar-refractivity contribution >= 4 is 5.91 Å². The predicted octanol–water partition coefficient (Wildman–Crippen LogP) is 4.26. The summed E-state index contributed by atoms with van der Waals surface area (Å²) in [5, 5.41) is 3.17. The Kier molecular flexibility index (Phi) is 6.04. The molecule has 1 saturated heterocycles. The molecule has 1 amide bonds. The number of carbonyl (C=O) groups excluding carboxylic acids is 1. The lowest BCUT2D eigenvalue weighted by molar-refractivity contribution is 0.0682. The third-order valence-corrected chi connectivity index (χ3v) is 5.29. The van der Waals surface area contributed by atoms with Crippen LogP contribution in [0.5, 0.6) is 0 Å². The van der Waals surface area contributed by atoms with E-state index < -0.39 is 5.82 Å². The van der Waals surface area contributed by atoms with Crippen LogP contribution in [-0.2, 0) is 0 Å². The molecule has 1 aliphatic rings. The van der Waals surface area contributed by atoms with Crippen molar-refractivity contribution in [2.24, 2.45) is 5.92 Å². The van der Waals surface area contributed by atoms with Crippen LogP contribution in [0.3, 0.4) is 0 Å². The van der Waals surface area contributed by atoms with E-state index in [4.69, 9.17) is 0 Å². The number of benzene rings is 2. The highest BCUT2D eigenvalue weighted by atomic mass is 19.1. The van der Waals surface area contributed by atoms with Gasteiger partial charge in [0.2, 0.25) is 0 Å². The normalized spacial score (nSPS) is 15.3. The van der Waals surface area contributed by atoms with E-state index in [1.807, 2.05) is 44.3 Å². The topological polar surface area (TPSA) is 32.3 Å². The van der Waals surface area contributed by atoms with Crippen LogP contribution < -0.4 is 5.32 Å². The monoisotopic (exact) mass is 354 g/mol. The van der Waals surface area contributed by atoms with Gasteiger partial charge in [0.1, 0.15) is 5.82 Å². The molecular formula is C22H27FN2O. The van der Waals surface area contributed by atoms with E-state index in [2.05, 4.69) is 5.32 Å². The van der Waals surface area contributed by atoms with Gasteiger partial charge < -0.3 is 10.2 Å². The van der Waals surface area contributed by atoms with Gasteiger partial charge in [-0.25, -0.2) is 4.39 Å². The van der Waals surface area contributed by atoms with Crippen molar-refractivity contribution in [3.8, 4) is 11.1 Å². The fraction of sp³-hybridized carbons (Fsp3) is 0.409. The zero-order chi connectivity index (χ0) is 18.5. The Morgan fingerprint density at radius 1 is 1.12 bits per heavy atom. The van der Waals surface area contributed by atoms with Crippen molar-refractivity contribution in [3.05, 3.63) is 59.4 Å². The molecule has 0 saturated carbocycles. The quantitative estimate of drug-likeness (QED) is 0.870. The first-order valence-electron chi connectivity index (χ1n) is 9.39. The minimum absolute atomic E-state index is 0.175. The fourth-order valence-electron chi connectivity index (χ4n) is 3.56. The van der Waals surface area contributed by atoms with Gasteiger partial charge in [-0.3, -0.25) is 4.79 Å². The number of carbonyl (C=O) groups is 1. The molecule has 0 aliphatic carbocycles. The van der Waals surface area contributed by atoms with Gasteiger partial charge in [0, 0.05) is 13.1 Å². The van der Waals surface area contributed by atoms with Crippen molar-refractivity contribution in [2.45, 2.75) is 26.2 Å². The van der Waals surface area contributed by atoms with Gasteiger partial charge in [0.15, 0.2) is 0 Å². The van der Waals surface area contributed by atoms with E-state index in [9.17, 15) is 9.18 Å². The summed E-state index contributed by atoms with van der Waals surface area (Å²) in [5.41, 5.74) is 3.09. The van der Waals surface area contributed by atoms with E-state index in [1.54, 1.807) is 11.0 Å². The van der Waals surface area contributed by atoms with Gasteiger partial charge in [-0.15, -0.1) is 0 Å². The van der Waals surface area contributed by atoms with E-state index in [0.717, 1.165) is 36.9 Å². The summed E-state index contributed by atoms with van der Waals surface area (Å²) < 4.78 is 14.6. The van der Waals surface area contributed by atoms with Gasteiger partial charge in [-0.1, -0.05) is 35.9 Å². The number of likely N-dealkylation sites (tertiary alicyclic amines) is 1. The lowest BCUT2D eigenvalue weighted by atomic mass is 9.93. The van der Waals surface area contributed by atoms with Gasteiger partial charge in [0.05, 0.1) is 5.56 Å². The molecule has 1 fully saturated rings. The zero-order valence-electron chi connectivity index (χ0n) is 15.6. The summed E-state index contributed by atoms with van der Waals surface area (Å²) >= 11 is 0. The summed E-state index contributed by atoms with van der Waals surface area (Å²) in [6.45, 7) is 4.46. The Labute approximate surface area is 155 Å². The summed E-state index contributed by atoms with van der Waals surface area (Å²) in [6, 6.07) is 12.9. The number of amides is 1. The maximum Gasteiger partial charge on any atom is 0.256 e. The molecule has 2 aromatic carbocycles. The molecule has 0 bridgehead atoms. The number of rotatable bonds is 5. The summed E-state index contributed by atoms with van der Waals surface area (Å²) in [7, 11) is 1.96. The number of hydrogen-bond acceptors (Lipinski definition) is 2. The molecule has 1 aliphatic heterocycles. The van der Waals surface area contributed by atoms with Crippen molar-refractivity contribution < 1.29 is 9.18 Å². The van der Waals surface area contributed by atoms with Crippen LogP contribution in [0.1, 0.15) is 35.2 Å². The molecule has 3 nitrogen and oxygen atoms in total. The molecule has 1 N–H and O–H groups in total. The third-order valence-electron chi connectivity index (χ3n) is 5.29. The van der Waals surface area contributed by atoms with Crippen LogP contribution >= 0.6 is 0 Å². The summed E-state index contributed by atoms with van der Waals surface area (Å²) in [5.74, 6) is 0.0238. The molecule has 138 valence electrons. The van der Waals surface area contributed by atoms with Gasteiger partial charge in [-0.2, -0.15) is 0 Å². The number of piperidine rings is 1. The van der Waals surface area contributed by atoms with Crippen LogP contribution in [0.25, 0.3) is 11.1 Å². The second-order valence-corrected chi connectivity index (χ2v) is 7.19. The van der Waals surface area contributed by atoms with Crippen LogP contribution in [0.4, 0.5) is 4.39 Å². The Morgan fingerprint density at radius 3 is 2.38 bits per heavy atom. The molecule has 0 aromatic heterocycles. The van der Waals surface area contributed by atoms with Crippen LogP contribution in [0.15, 0.2) is 42.5 Å². The average molecular weight is 354 g/mol. The Hall–Kier alpha value is -2.20. The minimum Gasteiger partial charge on any atom is -0.339 e. The largest absolute Gasteiger partial charge is 0.339 e. The molecule has 0 spiro atoms. The lowest BCUT2D eigenvalue weighted by Gasteiger charge is -2.32. The van der Waals surface area contributed by atoms with Crippen LogP contribution in [-0.4, -0.2) is 37.5 Å². The zero-order valence-corrected chi connectivity index (χ0v) is 15.6. The van der Waals surface area contributed by atoms with E-state index in [0.29, 0.717) is 19.0 Å². The first kappa shape index (κ1) is 18.6. The van der Waals surface area contributed by atoms with Gasteiger partial charge >= 0.3 is 0 Å². The maximum absolute atomic E-state index is 14.6. The highest BCUT2D eigenvalue weighted by Gasteiger charge is 2.25. The molecule has 1 heterocycles. The highest BCUT2D eigenvalue weighted by molar-refractivity contribution is 5.95. The number of hydrogen-bond donors (Lipinski definition) is 1. The number of nitrogens with zero attached hydrogens (tertiary/aromatic N) is 1. The summed E-state index contributed by atoms with van der Waals surface area (Å²) in [6.07, 6.45) is 3.13. The Balaban J connectivity index is 1.68.